The molecule has 0 N–H and O–H groups in total. The third-order valence-electron chi connectivity index (χ3n) is 4.07. The van der Waals surface area contributed by atoms with Crippen LogP contribution in [0, 0.1) is 11.8 Å². The highest BCUT2D eigenvalue weighted by Gasteiger charge is 2.50. The van der Waals surface area contributed by atoms with Crippen LogP contribution in [0.2, 0.25) is 6.32 Å². The van der Waals surface area contributed by atoms with E-state index in [-0.39, 0.29) is 18.3 Å². The molecule has 0 radical (unpaired) electrons. The second-order valence-corrected chi connectivity index (χ2v) is 7.00. The van der Waals surface area contributed by atoms with Crippen LogP contribution in [0.25, 0.3) is 0 Å². The van der Waals surface area contributed by atoms with E-state index in [1.807, 2.05) is 0 Å². The van der Waals surface area contributed by atoms with Crippen molar-refractivity contribution in [3.63, 3.8) is 0 Å². The Hall–Kier alpha value is -0.0151. The second-order valence-electron chi connectivity index (χ2n) is 7.00. The van der Waals surface area contributed by atoms with Crippen LogP contribution in [0.15, 0.2) is 0 Å². The third-order valence-corrected chi connectivity index (χ3v) is 4.07. The van der Waals surface area contributed by atoms with Gasteiger partial charge in [-0.1, -0.05) is 27.2 Å². The van der Waals surface area contributed by atoms with E-state index in [4.69, 9.17) is 9.31 Å². The molecule has 0 aromatic rings. The van der Waals surface area contributed by atoms with Crippen LogP contribution < -0.4 is 0 Å². The van der Waals surface area contributed by atoms with Crippen molar-refractivity contribution in [2.75, 3.05) is 0 Å². The van der Waals surface area contributed by atoms with E-state index >= 15 is 0 Å². The molecule has 0 aromatic heterocycles. The fourth-order valence-corrected chi connectivity index (χ4v) is 2.43. The fraction of sp³-hybridized carbons (Fsp3) is 1.00. The lowest BCUT2D eigenvalue weighted by molar-refractivity contribution is 0.00578. The average molecular weight is 240 g/mol. The second kappa shape index (κ2) is 5.32. The van der Waals surface area contributed by atoms with Crippen molar-refractivity contribution in [2.24, 2.45) is 11.8 Å². The summed E-state index contributed by atoms with van der Waals surface area (Å²) in [6.45, 7) is 15.4. The van der Waals surface area contributed by atoms with Crippen molar-refractivity contribution < 1.29 is 9.31 Å². The fourth-order valence-electron chi connectivity index (χ4n) is 2.43. The Morgan fingerprint density at radius 1 is 0.941 bits per heavy atom. The van der Waals surface area contributed by atoms with E-state index in [2.05, 4.69) is 48.5 Å². The normalized spacial score (nSPS) is 24.4. The van der Waals surface area contributed by atoms with Crippen LogP contribution in [-0.4, -0.2) is 18.3 Å². The van der Waals surface area contributed by atoms with Gasteiger partial charge >= 0.3 is 7.12 Å². The Bertz CT molecular complexity index is 233. The van der Waals surface area contributed by atoms with Crippen LogP contribution in [-0.2, 0) is 9.31 Å². The van der Waals surface area contributed by atoms with E-state index in [9.17, 15) is 0 Å². The minimum absolute atomic E-state index is 0.0189. The molecule has 1 aliphatic rings. The van der Waals surface area contributed by atoms with Gasteiger partial charge in [-0.05, 0) is 52.3 Å². The van der Waals surface area contributed by atoms with Crippen LogP contribution >= 0.6 is 0 Å². The molecule has 1 heterocycles. The van der Waals surface area contributed by atoms with Gasteiger partial charge in [-0.2, -0.15) is 0 Å². The van der Waals surface area contributed by atoms with Crippen molar-refractivity contribution in [3.05, 3.63) is 0 Å². The smallest absolute Gasteiger partial charge is 0.403 e. The zero-order valence-corrected chi connectivity index (χ0v) is 12.7. The lowest BCUT2D eigenvalue weighted by Crippen LogP contribution is -2.41. The average Bonchev–Trinajstić information content (AvgIpc) is 2.31. The molecule has 1 aliphatic heterocycles. The molecular formula is C14H29BO2. The van der Waals surface area contributed by atoms with Gasteiger partial charge in [0, 0.05) is 0 Å². The first-order valence-corrected chi connectivity index (χ1v) is 6.99. The van der Waals surface area contributed by atoms with Crippen molar-refractivity contribution >= 4 is 7.12 Å². The minimum atomic E-state index is -0.182. The summed E-state index contributed by atoms with van der Waals surface area (Å²) >= 11 is 0. The Morgan fingerprint density at radius 2 is 1.41 bits per heavy atom. The van der Waals surface area contributed by atoms with Gasteiger partial charge in [0.15, 0.2) is 0 Å². The molecule has 1 saturated heterocycles. The molecule has 1 unspecified atom stereocenters. The number of hydrogen-bond donors (Lipinski definition) is 0. The first-order chi connectivity index (χ1) is 7.64. The zero-order chi connectivity index (χ0) is 13.3. The maximum Gasteiger partial charge on any atom is 0.457 e. The van der Waals surface area contributed by atoms with Crippen molar-refractivity contribution in [2.45, 2.75) is 78.8 Å². The molecule has 0 spiro atoms. The highest BCUT2D eigenvalue weighted by molar-refractivity contribution is 6.45. The van der Waals surface area contributed by atoms with Gasteiger partial charge in [-0.3, -0.25) is 0 Å². The molecule has 17 heavy (non-hydrogen) atoms. The molecule has 0 amide bonds. The SMILES string of the molecule is CC(C)CC(C)CCB1OC(C)(C)C(C)(C)O1. The zero-order valence-electron chi connectivity index (χ0n) is 12.7. The summed E-state index contributed by atoms with van der Waals surface area (Å²) in [5, 5.41) is 0. The van der Waals surface area contributed by atoms with Gasteiger partial charge in [0.2, 0.25) is 0 Å². The molecule has 0 aliphatic carbocycles. The molecule has 1 atom stereocenters. The highest BCUT2D eigenvalue weighted by atomic mass is 16.7. The van der Waals surface area contributed by atoms with Crippen LogP contribution in [0.4, 0.5) is 0 Å². The topological polar surface area (TPSA) is 18.5 Å². The minimum Gasteiger partial charge on any atom is -0.403 e. The van der Waals surface area contributed by atoms with Crippen molar-refractivity contribution in [1.82, 2.24) is 0 Å². The van der Waals surface area contributed by atoms with E-state index < -0.39 is 0 Å². The van der Waals surface area contributed by atoms with Gasteiger partial charge in [0.05, 0.1) is 11.2 Å². The van der Waals surface area contributed by atoms with Crippen LogP contribution in [0.3, 0.4) is 0 Å². The Balaban J connectivity index is 2.36. The molecule has 3 heteroatoms. The predicted octanol–water partition coefficient (Wildman–Crippen LogP) is 4.15. The summed E-state index contributed by atoms with van der Waals surface area (Å²) in [5.74, 6) is 1.54. The standard InChI is InChI=1S/C14H29BO2/c1-11(2)10-12(3)8-9-15-16-13(4,5)14(6,7)17-15/h11-12H,8-10H2,1-7H3. The molecule has 100 valence electrons. The first kappa shape index (κ1) is 15.0. The number of hydrogen-bond acceptors (Lipinski definition) is 2. The molecule has 0 bridgehead atoms. The summed E-state index contributed by atoms with van der Waals surface area (Å²) in [6.07, 6.45) is 3.50. The van der Waals surface area contributed by atoms with Crippen molar-refractivity contribution in [3.8, 4) is 0 Å². The third kappa shape index (κ3) is 3.99. The summed E-state index contributed by atoms with van der Waals surface area (Å²) < 4.78 is 12.0. The Labute approximate surface area is 108 Å². The maximum atomic E-state index is 6.00. The Morgan fingerprint density at radius 3 is 1.82 bits per heavy atom. The van der Waals surface area contributed by atoms with Gasteiger partial charge in [-0.25, -0.2) is 0 Å². The summed E-state index contributed by atoms with van der Waals surface area (Å²) in [4.78, 5) is 0. The summed E-state index contributed by atoms with van der Waals surface area (Å²) in [7, 11) is -0.0189. The quantitative estimate of drug-likeness (QED) is 0.672. The summed E-state index contributed by atoms with van der Waals surface area (Å²) in [6, 6.07) is 0. The van der Waals surface area contributed by atoms with E-state index in [0.717, 1.165) is 18.2 Å². The van der Waals surface area contributed by atoms with Crippen molar-refractivity contribution in [1.29, 1.82) is 0 Å². The van der Waals surface area contributed by atoms with E-state index in [1.54, 1.807) is 0 Å². The van der Waals surface area contributed by atoms with E-state index in [1.165, 1.54) is 12.8 Å². The van der Waals surface area contributed by atoms with Crippen LogP contribution in [0.1, 0.15) is 61.3 Å². The van der Waals surface area contributed by atoms with Crippen LogP contribution in [0.5, 0.6) is 0 Å². The molecule has 2 nitrogen and oxygen atoms in total. The van der Waals surface area contributed by atoms with E-state index in [0.29, 0.717) is 0 Å². The Kier molecular flexibility index (Phi) is 4.70. The highest BCUT2D eigenvalue weighted by Crippen LogP contribution is 2.38. The monoisotopic (exact) mass is 240 g/mol. The van der Waals surface area contributed by atoms with Gasteiger partial charge < -0.3 is 9.31 Å². The van der Waals surface area contributed by atoms with Gasteiger partial charge in [0.25, 0.3) is 0 Å². The molecule has 1 fully saturated rings. The lowest BCUT2D eigenvalue weighted by atomic mass is 9.79. The first-order valence-electron chi connectivity index (χ1n) is 6.99. The number of rotatable bonds is 5. The predicted molar refractivity (Wildman–Crippen MR) is 74.1 cm³/mol. The van der Waals surface area contributed by atoms with Gasteiger partial charge in [0.1, 0.15) is 0 Å². The molecule has 1 rings (SSSR count). The molecular weight excluding hydrogens is 211 g/mol. The van der Waals surface area contributed by atoms with Gasteiger partial charge in [-0.15, -0.1) is 0 Å². The maximum absolute atomic E-state index is 6.00. The largest absolute Gasteiger partial charge is 0.457 e. The summed E-state index contributed by atoms with van der Waals surface area (Å²) in [5.41, 5.74) is -0.363. The molecule has 0 aromatic carbocycles. The molecule has 0 saturated carbocycles. The lowest BCUT2D eigenvalue weighted by Gasteiger charge is -2.32.